The van der Waals surface area contributed by atoms with E-state index in [2.05, 4.69) is 10.0 Å². The number of ether oxygens (including phenoxy) is 1. The lowest BCUT2D eigenvalue weighted by Crippen LogP contribution is -2.14. The topological polar surface area (TPSA) is 84.5 Å². The highest BCUT2D eigenvalue weighted by Crippen LogP contribution is 2.26. The summed E-state index contributed by atoms with van der Waals surface area (Å²) in [5.41, 5.74) is 2.12. The fourth-order valence-electron chi connectivity index (χ4n) is 3.12. The molecule has 0 aliphatic carbocycles. The molecule has 4 aromatic rings. The van der Waals surface area contributed by atoms with Gasteiger partial charge in [0.05, 0.1) is 15.6 Å². The van der Waals surface area contributed by atoms with Gasteiger partial charge in [-0.15, -0.1) is 0 Å². The number of hydrogen-bond acceptors (Lipinski definition) is 4. The molecular weight excluding hydrogens is 472 g/mol. The van der Waals surface area contributed by atoms with E-state index in [0.717, 1.165) is 5.56 Å². The van der Waals surface area contributed by atoms with E-state index < -0.39 is 10.0 Å². The van der Waals surface area contributed by atoms with Gasteiger partial charge in [0.2, 0.25) is 0 Å². The predicted molar refractivity (Wildman–Crippen MR) is 134 cm³/mol. The van der Waals surface area contributed by atoms with Gasteiger partial charge in [-0.25, -0.2) is 8.42 Å². The van der Waals surface area contributed by atoms with Crippen LogP contribution in [0.2, 0.25) is 5.02 Å². The molecule has 8 heteroatoms. The molecule has 0 aliphatic rings. The summed E-state index contributed by atoms with van der Waals surface area (Å²) in [6.45, 7) is 0.450. The molecule has 0 unspecified atom stereocenters. The molecular formula is C26H21ClN2O4S. The normalized spacial score (nSPS) is 11.0. The summed E-state index contributed by atoms with van der Waals surface area (Å²) < 4.78 is 33.2. The third-order valence-electron chi connectivity index (χ3n) is 4.89. The summed E-state index contributed by atoms with van der Waals surface area (Å²) in [5, 5.41) is 2.90. The quantitative estimate of drug-likeness (QED) is 0.317. The number of carbonyl (C=O) groups is 1. The van der Waals surface area contributed by atoms with Crippen molar-refractivity contribution in [1.82, 2.24) is 0 Å². The number of halogens is 1. The Kier molecular flexibility index (Phi) is 7.15. The van der Waals surface area contributed by atoms with Gasteiger partial charge in [-0.3, -0.25) is 9.52 Å². The Labute approximate surface area is 203 Å². The van der Waals surface area contributed by atoms with Crippen LogP contribution in [0, 0.1) is 0 Å². The lowest BCUT2D eigenvalue weighted by Gasteiger charge is -2.11. The lowest BCUT2D eigenvalue weighted by molar-refractivity contribution is 0.102. The first kappa shape index (κ1) is 23.4. The molecule has 6 nitrogen and oxygen atoms in total. The summed E-state index contributed by atoms with van der Waals surface area (Å²) in [7, 11) is -3.79. The van der Waals surface area contributed by atoms with Crippen molar-refractivity contribution in [2.24, 2.45) is 0 Å². The average Bonchev–Trinajstić information content (AvgIpc) is 2.86. The Balaban J connectivity index is 1.38. The number of benzene rings is 4. The molecule has 0 saturated carbocycles. The molecule has 0 spiro atoms. The van der Waals surface area contributed by atoms with Crippen molar-refractivity contribution in [3.63, 3.8) is 0 Å². The first-order chi connectivity index (χ1) is 16.4. The van der Waals surface area contributed by atoms with Crippen molar-refractivity contribution in [3.05, 3.63) is 119 Å². The van der Waals surface area contributed by atoms with Crippen molar-refractivity contribution in [2.45, 2.75) is 11.5 Å². The van der Waals surface area contributed by atoms with Crippen LogP contribution < -0.4 is 14.8 Å². The molecule has 0 fully saturated rings. The van der Waals surface area contributed by atoms with Crippen LogP contribution in [-0.2, 0) is 16.6 Å². The molecule has 0 aromatic heterocycles. The van der Waals surface area contributed by atoms with Gasteiger partial charge in [0.1, 0.15) is 12.4 Å². The fraction of sp³-hybridized carbons (Fsp3) is 0.0385. The van der Waals surface area contributed by atoms with E-state index in [0.29, 0.717) is 18.0 Å². The highest BCUT2D eigenvalue weighted by atomic mass is 35.5. The zero-order valence-electron chi connectivity index (χ0n) is 17.9. The number of amides is 1. The van der Waals surface area contributed by atoms with E-state index in [-0.39, 0.29) is 27.1 Å². The van der Waals surface area contributed by atoms with Crippen LogP contribution in [0.15, 0.2) is 108 Å². The molecule has 4 aromatic carbocycles. The van der Waals surface area contributed by atoms with Crippen LogP contribution in [0.5, 0.6) is 5.75 Å². The van der Waals surface area contributed by atoms with E-state index in [1.807, 2.05) is 30.3 Å². The van der Waals surface area contributed by atoms with Crippen molar-refractivity contribution in [3.8, 4) is 5.75 Å². The maximum Gasteiger partial charge on any atom is 0.261 e. The van der Waals surface area contributed by atoms with Gasteiger partial charge in [0, 0.05) is 11.3 Å². The molecule has 0 aliphatic heterocycles. The first-order valence-electron chi connectivity index (χ1n) is 10.4. The summed E-state index contributed by atoms with van der Waals surface area (Å²) in [5.74, 6) is 0.303. The van der Waals surface area contributed by atoms with Crippen LogP contribution in [0.1, 0.15) is 15.9 Å². The summed E-state index contributed by atoms with van der Waals surface area (Å²) in [4.78, 5) is 12.8. The number of nitrogens with one attached hydrogen (secondary N) is 2. The van der Waals surface area contributed by atoms with Crippen LogP contribution >= 0.6 is 11.6 Å². The maximum absolute atomic E-state index is 12.6. The van der Waals surface area contributed by atoms with Crippen molar-refractivity contribution in [1.29, 1.82) is 0 Å². The van der Waals surface area contributed by atoms with E-state index in [1.54, 1.807) is 42.5 Å². The minimum Gasteiger partial charge on any atom is -0.489 e. The number of hydrogen-bond donors (Lipinski definition) is 2. The van der Waals surface area contributed by atoms with Gasteiger partial charge >= 0.3 is 0 Å². The number of rotatable bonds is 8. The second-order valence-corrected chi connectivity index (χ2v) is 9.46. The standard InChI is InChI=1S/C26H21ClN2O4S/c27-24-17-20(11-16-25(24)29-34(31,32)23-9-5-2-6-10-23)26(30)28-21-12-14-22(15-13-21)33-18-19-7-3-1-4-8-19/h1-17,29H,18H2,(H,28,30). The molecule has 0 heterocycles. The molecule has 34 heavy (non-hydrogen) atoms. The Morgan fingerprint density at radius 1 is 0.824 bits per heavy atom. The smallest absolute Gasteiger partial charge is 0.261 e. The highest BCUT2D eigenvalue weighted by Gasteiger charge is 2.16. The third kappa shape index (κ3) is 5.95. The second kappa shape index (κ2) is 10.4. The molecule has 0 saturated heterocycles. The van der Waals surface area contributed by atoms with Crippen molar-refractivity contribution >= 4 is 38.9 Å². The van der Waals surface area contributed by atoms with Gasteiger partial charge < -0.3 is 10.1 Å². The monoisotopic (exact) mass is 492 g/mol. The van der Waals surface area contributed by atoms with Crippen molar-refractivity contribution in [2.75, 3.05) is 10.0 Å². The first-order valence-corrected chi connectivity index (χ1v) is 12.2. The molecule has 1 amide bonds. The summed E-state index contributed by atoms with van der Waals surface area (Å²) in [6, 6.07) is 29.2. The van der Waals surface area contributed by atoms with E-state index in [9.17, 15) is 13.2 Å². The molecule has 0 atom stereocenters. The molecule has 172 valence electrons. The molecule has 2 N–H and O–H groups in total. The Hall–Kier alpha value is -3.81. The van der Waals surface area contributed by atoms with Gasteiger partial charge in [-0.2, -0.15) is 0 Å². The van der Waals surface area contributed by atoms with Gasteiger partial charge in [-0.05, 0) is 60.2 Å². The van der Waals surface area contributed by atoms with Crippen molar-refractivity contribution < 1.29 is 17.9 Å². The Bertz CT molecular complexity index is 1380. The number of anilines is 2. The summed E-state index contributed by atoms with van der Waals surface area (Å²) in [6.07, 6.45) is 0. The van der Waals surface area contributed by atoms with E-state index >= 15 is 0 Å². The zero-order valence-corrected chi connectivity index (χ0v) is 19.5. The molecule has 0 bridgehead atoms. The maximum atomic E-state index is 12.6. The van der Waals surface area contributed by atoms with Crippen LogP contribution in [0.3, 0.4) is 0 Å². The third-order valence-corrected chi connectivity index (χ3v) is 6.58. The second-order valence-electron chi connectivity index (χ2n) is 7.37. The van der Waals surface area contributed by atoms with Gasteiger partial charge in [0.25, 0.3) is 15.9 Å². The minimum atomic E-state index is -3.79. The number of sulfonamides is 1. The lowest BCUT2D eigenvalue weighted by atomic mass is 10.2. The minimum absolute atomic E-state index is 0.108. The predicted octanol–water partition coefficient (Wildman–Crippen LogP) is 5.97. The van der Waals surface area contributed by atoms with Crippen LogP contribution in [0.25, 0.3) is 0 Å². The molecule has 4 rings (SSSR count). The molecule has 0 radical (unpaired) electrons. The average molecular weight is 493 g/mol. The largest absolute Gasteiger partial charge is 0.489 e. The fourth-order valence-corrected chi connectivity index (χ4v) is 4.51. The number of carbonyl (C=O) groups excluding carboxylic acids is 1. The Morgan fingerprint density at radius 3 is 2.12 bits per heavy atom. The van der Waals surface area contributed by atoms with E-state index in [1.165, 1.54) is 30.3 Å². The van der Waals surface area contributed by atoms with Gasteiger partial charge in [0.15, 0.2) is 0 Å². The van der Waals surface area contributed by atoms with Crippen LogP contribution in [-0.4, -0.2) is 14.3 Å². The Morgan fingerprint density at radius 2 is 1.47 bits per heavy atom. The highest BCUT2D eigenvalue weighted by molar-refractivity contribution is 7.92. The summed E-state index contributed by atoms with van der Waals surface area (Å²) >= 11 is 6.25. The van der Waals surface area contributed by atoms with Gasteiger partial charge in [-0.1, -0.05) is 60.1 Å². The SMILES string of the molecule is O=C(Nc1ccc(OCc2ccccc2)cc1)c1ccc(NS(=O)(=O)c2ccccc2)c(Cl)c1. The van der Waals surface area contributed by atoms with Crippen LogP contribution in [0.4, 0.5) is 11.4 Å². The zero-order chi connectivity index (χ0) is 24.0. The van der Waals surface area contributed by atoms with E-state index in [4.69, 9.17) is 16.3 Å².